The molecule has 23 heteroatoms. The van der Waals surface area contributed by atoms with Gasteiger partial charge in [-0.1, -0.05) is 43.2 Å². The molecule has 2 atom stereocenters. The monoisotopic (exact) mass is 894 g/mol. The molecule has 0 saturated carbocycles. The molecule has 0 spiro atoms. The summed E-state index contributed by atoms with van der Waals surface area (Å²) in [5.74, 6) is 0.129. The summed E-state index contributed by atoms with van der Waals surface area (Å²) in [5.41, 5.74) is -4.28. The number of rotatable bonds is 28. The van der Waals surface area contributed by atoms with Crippen LogP contribution in [0.4, 0.5) is 9.59 Å². The van der Waals surface area contributed by atoms with Crippen LogP contribution in [0, 0.1) is 21.7 Å². The molecule has 0 bridgehead atoms. The average Bonchev–Trinajstić information content (AvgIpc) is 3.87. The standard InChI is InChI=1S/C34H54O19S4/c1-31(17-35,25(37)46-13-15-48-27(39)33(3)21-54-55-22-33)19-52-29(41)50-11-9-44-7-5-43-6-8-45-10-12-51-30(42)53-20-32(2,18-36)26(38)47-14-16-49-28(40)34(4)23-56-57-24-34/h35-36H,5-24H2,1-4H3. The van der Waals surface area contributed by atoms with Crippen molar-refractivity contribution in [1.29, 1.82) is 0 Å². The van der Waals surface area contributed by atoms with Crippen molar-refractivity contribution in [1.82, 2.24) is 0 Å². The lowest BCUT2D eigenvalue weighted by Gasteiger charge is -2.24. The first-order valence-corrected chi connectivity index (χ1v) is 22.8. The number of ether oxygens (including phenoxy) is 11. The molecule has 2 aliphatic heterocycles. The van der Waals surface area contributed by atoms with E-state index in [2.05, 4.69) is 0 Å². The summed E-state index contributed by atoms with van der Waals surface area (Å²) in [6.07, 6.45) is -2.15. The molecule has 2 rings (SSSR count). The van der Waals surface area contributed by atoms with Crippen molar-refractivity contribution in [3.63, 3.8) is 0 Å². The van der Waals surface area contributed by atoms with Gasteiger partial charge in [-0.05, 0) is 27.7 Å². The van der Waals surface area contributed by atoms with Crippen molar-refractivity contribution in [3.8, 4) is 0 Å². The van der Waals surface area contributed by atoms with Crippen molar-refractivity contribution in [2.75, 3.05) is 129 Å². The highest BCUT2D eigenvalue weighted by Gasteiger charge is 2.41. The summed E-state index contributed by atoms with van der Waals surface area (Å²) in [4.78, 5) is 73.3. The summed E-state index contributed by atoms with van der Waals surface area (Å²) in [5, 5.41) is 19.4. The van der Waals surface area contributed by atoms with Gasteiger partial charge in [-0.3, -0.25) is 19.2 Å². The predicted molar refractivity (Wildman–Crippen MR) is 207 cm³/mol. The first kappa shape index (κ1) is 50.8. The van der Waals surface area contributed by atoms with Crippen LogP contribution in [-0.2, 0) is 71.3 Å². The second kappa shape index (κ2) is 26.7. The minimum atomic E-state index is -1.55. The van der Waals surface area contributed by atoms with E-state index in [1.54, 1.807) is 43.2 Å². The number of hydrogen-bond acceptors (Lipinski definition) is 23. The van der Waals surface area contributed by atoms with Crippen LogP contribution >= 0.6 is 43.2 Å². The van der Waals surface area contributed by atoms with Crippen molar-refractivity contribution >= 4 is 79.4 Å². The van der Waals surface area contributed by atoms with E-state index in [-0.39, 0.29) is 91.2 Å². The predicted octanol–water partition coefficient (Wildman–Crippen LogP) is 2.32. The minimum Gasteiger partial charge on any atom is -0.462 e. The van der Waals surface area contributed by atoms with E-state index in [1.807, 2.05) is 13.8 Å². The number of carbonyl (C=O) groups is 6. The fourth-order valence-corrected chi connectivity index (χ4v) is 10.6. The van der Waals surface area contributed by atoms with Crippen molar-refractivity contribution in [2.24, 2.45) is 21.7 Å². The van der Waals surface area contributed by atoms with Gasteiger partial charge < -0.3 is 62.3 Å². The Balaban J connectivity index is 1.42. The van der Waals surface area contributed by atoms with Gasteiger partial charge in [0.1, 0.15) is 63.7 Å². The largest absolute Gasteiger partial charge is 0.508 e. The maximum atomic E-state index is 12.5. The Morgan fingerprint density at radius 2 is 0.737 bits per heavy atom. The maximum Gasteiger partial charge on any atom is 0.508 e. The molecule has 2 saturated heterocycles. The van der Waals surface area contributed by atoms with Gasteiger partial charge in [0.05, 0.1) is 63.7 Å². The second-order valence-electron chi connectivity index (χ2n) is 13.8. The molecule has 57 heavy (non-hydrogen) atoms. The highest BCUT2D eigenvalue weighted by Crippen LogP contribution is 2.44. The number of aliphatic hydroxyl groups excluding tert-OH is 2. The van der Waals surface area contributed by atoms with Gasteiger partial charge in [0, 0.05) is 23.0 Å². The third-order valence-corrected chi connectivity index (χ3v) is 13.9. The Hall–Kier alpha value is -2.38. The maximum absolute atomic E-state index is 12.5. The van der Waals surface area contributed by atoms with E-state index in [0.717, 1.165) is 0 Å². The van der Waals surface area contributed by atoms with E-state index in [9.17, 15) is 39.0 Å². The molecule has 0 aliphatic carbocycles. The lowest BCUT2D eigenvalue weighted by Crippen LogP contribution is -2.39. The van der Waals surface area contributed by atoms with Gasteiger partial charge in [-0.2, -0.15) is 0 Å². The van der Waals surface area contributed by atoms with E-state index in [1.165, 1.54) is 13.8 Å². The Kier molecular flexibility index (Phi) is 23.7. The Bertz CT molecular complexity index is 1190. The first-order valence-electron chi connectivity index (χ1n) is 17.8. The fourth-order valence-electron chi connectivity index (χ4n) is 4.01. The molecule has 0 aromatic carbocycles. The van der Waals surface area contributed by atoms with E-state index in [0.29, 0.717) is 23.0 Å². The van der Waals surface area contributed by atoms with Crippen molar-refractivity contribution in [3.05, 3.63) is 0 Å². The van der Waals surface area contributed by atoms with Crippen LogP contribution in [0.1, 0.15) is 27.7 Å². The molecule has 0 aromatic rings. The highest BCUT2D eigenvalue weighted by atomic mass is 33.1. The average molecular weight is 895 g/mol. The van der Waals surface area contributed by atoms with Gasteiger partial charge in [0.25, 0.3) is 0 Å². The topological polar surface area (TPSA) is 244 Å². The van der Waals surface area contributed by atoms with Gasteiger partial charge >= 0.3 is 36.2 Å². The summed E-state index contributed by atoms with van der Waals surface area (Å²) in [7, 11) is 6.37. The van der Waals surface area contributed by atoms with E-state index in [4.69, 9.17) is 52.1 Å². The normalized spacial score (nSPS) is 17.6. The van der Waals surface area contributed by atoms with E-state index >= 15 is 0 Å². The van der Waals surface area contributed by atoms with Crippen LogP contribution in [0.15, 0.2) is 0 Å². The van der Waals surface area contributed by atoms with Crippen LogP contribution in [0.2, 0.25) is 0 Å². The number of esters is 4. The highest BCUT2D eigenvalue weighted by molar-refractivity contribution is 8.77. The van der Waals surface area contributed by atoms with Gasteiger partial charge in [0.15, 0.2) is 0 Å². The minimum absolute atomic E-state index is 0.0328. The summed E-state index contributed by atoms with van der Waals surface area (Å²) < 4.78 is 56.3. The third-order valence-electron chi connectivity index (χ3n) is 8.10. The molecular weight excluding hydrogens is 841 g/mol. The van der Waals surface area contributed by atoms with Crippen LogP contribution in [-0.4, -0.2) is 175 Å². The third kappa shape index (κ3) is 18.6. The van der Waals surface area contributed by atoms with E-state index < -0.39 is 72.3 Å². The van der Waals surface area contributed by atoms with Crippen molar-refractivity contribution < 1.29 is 91.1 Å². The first-order chi connectivity index (χ1) is 27.1. The molecule has 0 radical (unpaired) electrons. The molecule has 2 unspecified atom stereocenters. The molecule has 2 fully saturated rings. The smallest absolute Gasteiger partial charge is 0.462 e. The quantitative estimate of drug-likeness (QED) is 0.0495. The van der Waals surface area contributed by atoms with Gasteiger partial charge in [0.2, 0.25) is 0 Å². The summed E-state index contributed by atoms with van der Waals surface area (Å²) >= 11 is 0. The molecule has 2 aliphatic rings. The summed E-state index contributed by atoms with van der Waals surface area (Å²) in [6, 6.07) is 0. The number of carbonyl (C=O) groups excluding carboxylic acids is 6. The molecular formula is C34H54O19S4. The molecule has 19 nitrogen and oxygen atoms in total. The summed E-state index contributed by atoms with van der Waals surface area (Å²) in [6.45, 7) is 3.79. The van der Waals surface area contributed by atoms with Crippen LogP contribution < -0.4 is 0 Å². The Labute approximate surface area is 347 Å². The van der Waals surface area contributed by atoms with Crippen LogP contribution in [0.3, 0.4) is 0 Å². The zero-order valence-corrected chi connectivity index (χ0v) is 35.9. The molecule has 0 aromatic heterocycles. The molecule has 328 valence electrons. The van der Waals surface area contributed by atoms with Gasteiger partial charge in [-0.15, -0.1) is 0 Å². The zero-order chi connectivity index (χ0) is 42.2. The number of aliphatic hydroxyl groups is 2. The molecule has 2 N–H and O–H groups in total. The molecule has 0 amide bonds. The van der Waals surface area contributed by atoms with Gasteiger partial charge in [-0.25, -0.2) is 9.59 Å². The van der Waals surface area contributed by atoms with Crippen LogP contribution in [0.5, 0.6) is 0 Å². The number of hydrogen-bond donors (Lipinski definition) is 2. The Morgan fingerprint density at radius 3 is 1.05 bits per heavy atom. The lowest BCUT2D eigenvalue weighted by atomic mass is 9.93. The lowest BCUT2D eigenvalue weighted by molar-refractivity contribution is -0.166. The molecule has 2 heterocycles. The zero-order valence-electron chi connectivity index (χ0n) is 32.6. The SMILES string of the molecule is CC(CO)(COC(=O)OCCOCCOCCOCCOC(=O)OCC(C)(CO)C(=O)OCCOC(=O)C1(C)CSSC1)C(=O)OCCOC(=O)C1(C)CSSC1. The fraction of sp³-hybridized carbons (Fsp3) is 0.824. The second-order valence-corrected chi connectivity index (χ2v) is 18.7. The van der Waals surface area contributed by atoms with Crippen LogP contribution in [0.25, 0.3) is 0 Å². The Morgan fingerprint density at radius 1 is 0.456 bits per heavy atom. The van der Waals surface area contributed by atoms with Crippen molar-refractivity contribution in [2.45, 2.75) is 27.7 Å².